The number of ether oxygens (including phenoxy) is 2. The third-order valence-electron chi connectivity index (χ3n) is 4.46. The van der Waals surface area contributed by atoms with E-state index in [1.165, 1.54) is 0 Å². The zero-order valence-electron chi connectivity index (χ0n) is 13.7. The Morgan fingerprint density at radius 3 is 2.70 bits per heavy atom. The normalized spacial score (nSPS) is 20.3. The molecular weight excluding hydrogens is 316 g/mol. The van der Waals surface area contributed by atoms with Crippen molar-refractivity contribution >= 4 is 18.3 Å². The van der Waals surface area contributed by atoms with Crippen LogP contribution in [0.4, 0.5) is 0 Å². The lowest BCUT2D eigenvalue weighted by Crippen LogP contribution is -2.50. The number of rotatable bonds is 3. The van der Waals surface area contributed by atoms with E-state index in [0.717, 1.165) is 43.0 Å². The molecule has 0 aliphatic carbocycles. The number of nitrogens with one attached hydrogen (secondary N) is 2. The van der Waals surface area contributed by atoms with Crippen LogP contribution in [0, 0.1) is 0 Å². The molecule has 6 heteroatoms. The molecule has 1 fully saturated rings. The molecule has 5 nitrogen and oxygen atoms in total. The molecule has 1 saturated heterocycles. The zero-order chi connectivity index (χ0) is 15.6. The number of carbonyl (C=O) groups is 1. The van der Waals surface area contributed by atoms with Crippen LogP contribution in [0.2, 0.25) is 0 Å². The zero-order valence-corrected chi connectivity index (χ0v) is 14.5. The first-order valence-electron chi connectivity index (χ1n) is 7.99. The predicted octanol–water partition coefficient (Wildman–Crippen LogP) is 2.03. The van der Waals surface area contributed by atoms with Crippen molar-refractivity contribution in [2.75, 3.05) is 26.3 Å². The van der Waals surface area contributed by atoms with Gasteiger partial charge in [-0.05, 0) is 50.9 Å². The molecule has 23 heavy (non-hydrogen) atoms. The second kappa shape index (κ2) is 7.41. The highest BCUT2D eigenvalue weighted by Crippen LogP contribution is 2.35. The number of piperidine rings is 1. The molecule has 2 aliphatic heterocycles. The molecule has 0 bridgehead atoms. The summed E-state index contributed by atoms with van der Waals surface area (Å²) in [4.78, 5) is 12.7. The minimum atomic E-state index is -0.604. The van der Waals surface area contributed by atoms with E-state index in [-0.39, 0.29) is 24.4 Å². The molecule has 1 aromatic rings. The van der Waals surface area contributed by atoms with Gasteiger partial charge in [0.1, 0.15) is 13.2 Å². The highest BCUT2D eigenvalue weighted by molar-refractivity contribution is 5.87. The number of amides is 1. The van der Waals surface area contributed by atoms with Crippen molar-refractivity contribution in [3.05, 3.63) is 23.8 Å². The smallest absolute Gasteiger partial charge is 0.230 e. The predicted molar refractivity (Wildman–Crippen MR) is 91.7 cm³/mol. The van der Waals surface area contributed by atoms with E-state index < -0.39 is 5.41 Å². The average Bonchev–Trinajstić information content (AvgIpc) is 2.55. The van der Waals surface area contributed by atoms with E-state index >= 15 is 0 Å². The van der Waals surface area contributed by atoms with E-state index in [2.05, 4.69) is 10.6 Å². The minimum Gasteiger partial charge on any atom is -0.486 e. The van der Waals surface area contributed by atoms with Gasteiger partial charge in [-0.15, -0.1) is 12.4 Å². The van der Waals surface area contributed by atoms with Gasteiger partial charge in [0, 0.05) is 12.6 Å². The first kappa shape index (κ1) is 17.9. The Labute approximate surface area is 143 Å². The van der Waals surface area contributed by atoms with Crippen molar-refractivity contribution < 1.29 is 14.3 Å². The Hall–Kier alpha value is -1.46. The van der Waals surface area contributed by atoms with E-state index in [1.54, 1.807) is 0 Å². The summed E-state index contributed by atoms with van der Waals surface area (Å²) < 4.78 is 11.2. The standard InChI is InChI=1S/C17H24N2O3.ClH/c1-17(2,16(20)19-13-4-3-7-18-11-13)12-5-6-14-15(10-12)22-9-8-21-14;/h5-6,10,13,18H,3-4,7-9,11H2,1-2H3,(H,19,20);1H. The molecule has 0 saturated carbocycles. The van der Waals surface area contributed by atoms with Crippen LogP contribution in [0.15, 0.2) is 18.2 Å². The molecule has 3 rings (SSSR count). The Bertz CT molecular complexity index is 557. The average molecular weight is 341 g/mol. The van der Waals surface area contributed by atoms with Crippen LogP contribution in [0.3, 0.4) is 0 Å². The van der Waals surface area contributed by atoms with E-state index in [0.29, 0.717) is 13.2 Å². The Morgan fingerprint density at radius 2 is 2.00 bits per heavy atom. The Morgan fingerprint density at radius 1 is 1.26 bits per heavy atom. The fourth-order valence-electron chi connectivity index (χ4n) is 2.90. The van der Waals surface area contributed by atoms with Crippen molar-refractivity contribution in [3.8, 4) is 11.5 Å². The van der Waals surface area contributed by atoms with Gasteiger partial charge in [0.15, 0.2) is 11.5 Å². The summed E-state index contributed by atoms with van der Waals surface area (Å²) in [7, 11) is 0. The van der Waals surface area contributed by atoms with Gasteiger partial charge in [-0.3, -0.25) is 4.79 Å². The van der Waals surface area contributed by atoms with Crippen molar-refractivity contribution in [1.82, 2.24) is 10.6 Å². The van der Waals surface area contributed by atoms with E-state index in [9.17, 15) is 4.79 Å². The summed E-state index contributed by atoms with van der Waals surface area (Å²) in [6, 6.07) is 5.98. The maximum absolute atomic E-state index is 12.7. The largest absolute Gasteiger partial charge is 0.486 e. The van der Waals surface area contributed by atoms with Gasteiger partial charge < -0.3 is 20.1 Å². The van der Waals surface area contributed by atoms with Crippen LogP contribution in [0.1, 0.15) is 32.3 Å². The van der Waals surface area contributed by atoms with Crippen molar-refractivity contribution in [3.63, 3.8) is 0 Å². The van der Waals surface area contributed by atoms with Crippen LogP contribution in [-0.2, 0) is 10.2 Å². The number of hydrogen-bond donors (Lipinski definition) is 2. The highest BCUT2D eigenvalue weighted by atomic mass is 35.5. The molecule has 0 spiro atoms. The minimum absolute atomic E-state index is 0. The van der Waals surface area contributed by atoms with Crippen LogP contribution >= 0.6 is 12.4 Å². The van der Waals surface area contributed by atoms with Gasteiger partial charge in [-0.25, -0.2) is 0 Å². The first-order valence-corrected chi connectivity index (χ1v) is 7.99. The van der Waals surface area contributed by atoms with E-state index in [1.807, 2.05) is 32.0 Å². The second-order valence-corrected chi connectivity index (χ2v) is 6.50. The summed E-state index contributed by atoms with van der Waals surface area (Å²) >= 11 is 0. The summed E-state index contributed by atoms with van der Waals surface area (Å²) in [5, 5.41) is 6.49. The molecule has 2 aliphatic rings. The van der Waals surface area contributed by atoms with Crippen LogP contribution in [0.25, 0.3) is 0 Å². The molecular formula is C17H25ClN2O3. The fourth-order valence-corrected chi connectivity index (χ4v) is 2.90. The van der Waals surface area contributed by atoms with Crippen molar-refractivity contribution in [2.24, 2.45) is 0 Å². The summed E-state index contributed by atoms with van der Waals surface area (Å²) in [6.45, 7) is 6.91. The SMILES string of the molecule is CC(C)(C(=O)NC1CCCNC1)c1ccc2c(c1)OCCO2.Cl. The monoisotopic (exact) mass is 340 g/mol. The molecule has 2 N–H and O–H groups in total. The van der Waals surface area contributed by atoms with Gasteiger partial charge in [-0.1, -0.05) is 6.07 Å². The molecule has 1 atom stereocenters. The number of benzene rings is 1. The third kappa shape index (κ3) is 3.90. The van der Waals surface area contributed by atoms with Crippen LogP contribution in [0.5, 0.6) is 11.5 Å². The first-order chi connectivity index (χ1) is 10.6. The maximum Gasteiger partial charge on any atom is 0.230 e. The quantitative estimate of drug-likeness (QED) is 0.884. The van der Waals surface area contributed by atoms with Gasteiger partial charge in [0.25, 0.3) is 0 Å². The summed E-state index contributed by atoms with van der Waals surface area (Å²) in [5.74, 6) is 1.53. The van der Waals surface area contributed by atoms with Gasteiger partial charge in [-0.2, -0.15) is 0 Å². The Balaban J connectivity index is 0.00000192. The van der Waals surface area contributed by atoms with Crippen LogP contribution in [-0.4, -0.2) is 38.3 Å². The molecule has 0 radical (unpaired) electrons. The molecule has 2 heterocycles. The number of carbonyl (C=O) groups excluding carboxylic acids is 1. The fraction of sp³-hybridized carbons (Fsp3) is 0.588. The topological polar surface area (TPSA) is 59.6 Å². The number of fused-ring (bicyclic) bond motifs is 1. The van der Waals surface area contributed by atoms with Gasteiger partial charge in [0.05, 0.1) is 5.41 Å². The second-order valence-electron chi connectivity index (χ2n) is 6.50. The van der Waals surface area contributed by atoms with E-state index in [4.69, 9.17) is 9.47 Å². The van der Waals surface area contributed by atoms with Gasteiger partial charge in [0.2, 0.25) is 5.91 Å². The molecule has 0 aromatic heterocycles. The number of hydrogen-bond acceptors (Lipinski definition) is 4. The molecule has 128 valence electrons. The van der Waals surface area contributed by atoms with Crippen molar-refractivity contribution in [1.29, 1.82) is 0 Å². The lowest BCUT2D eigenvalue weighted by molar-refractivity contribution is -0.126. The summed E-state index contributed by atoms with van der Waals surface area (Å²) in [5.41, 5.74) is 0.339. The molecule has 1 aromatic carbocycles. The van der Waals surface area contributed by atoms with Crippen molar-refractivity contribution in [2.45, 2.75) is 38.1 Å². The molecule has 1 unspecified atom stereocenters. The highest BCUT2D eigenvalue weighted by Gasteiger charge is 2.32. The Kier molecular flexibility index (Phi) is 5.76. The van der Waals surface area contributed by atoms with Crippen LogP contribution < -0.4 is 20.1 Å². The number of halogens is 1. The lowest BCUT2D eigenvalue weighted by atomic mass is 9.83. The molecule has 1 amide bonds. The summed E-state index contributed by atoms with van der Waals surface area (Å²) in [6.07, 6.45) is 2.14. The van der Waals surface area contributed by atoms with Gasteiger partial charge >= 0.3 is 0 Å². The third-order valence-corrected chi connectivity index (χ3v) is 4.46. The maximum atomic E-state index is 12.7. The lowest BCUT2D eigenvalue weighted by Gasteiger charge is -2.30.